The molecule has 4 rings (SSSR count). The van der Waals surface area contributed by atoms with Gasteiger partial charge in [-0.2, -0.15) is 0 Å². The minimum absolute atomic E-state index is 0.00180. The van der Waals surface area contributed by atoms with E-state index >= 15 is 0 Å². The standard InChI is InChI=1S/C24H18F2N2O3/c1-13-3-4-16(11-14(13)2)22(29)20-21(15-7-9-27-10-8-15)28(24(31)23(20)30)17-5-6-18(25)19(26)12-17/h3-12,21,29H,1-2H3/b22-20+. The molecule has 1 amide bonds. The smallest absolute Gasteiger partial charge is 0.300 e. The summed E-state index contributed by atoms with van der Waals surface area (Å²) in [6, 6.07) is 10.3. The van der Waals surface area contributed by atoms with E-state index in [1.807, 2.05) is 13.8 Å². The van der Waals surface area contributed by atoms with E-state index in [-0.39, 0.29) is 17.0 Å². The molecule has 31 heavy (non-hydrogen) atoms. The molecule has 0 radical (unpaired) electrons. The minimum Gasteiger partial charge on any atom is -0.507 e. The second kappa shape index (κ2) is 7.75. The quantitative estimate of drug-likeness (QED) is 0.382. The number of benzene rings is 2. The van der Waals surface area contributed by atoms with Crippen LogP contribution in [0.25, 0.3) is 5.76 Å². The van der Waals surface area contributed by atoms with Crippen LogP contribution in [0.5, 0.6) is 0 Å². The molecule has 7 heteroatoms. The van der Waals surface area contributed by atoms with Crippen LogP contribution in [0.2, 0.25) is 0 Å². The van der Waals surface area contributed by atoms with Gasteiger partial charge in [0.15, 0.2) is 11.6 Å². The van der Waals surface area contributed by atoms with Crippen molar-refractivity contribution in [1.82, 2.24) is 4.98 Å². The zero-order valence-electron chi connectivity index (χ0n) is 16.8. The lowest BCUT2D eigenvalue weighted by Crippen LogP contribution is -2.29. The molecule has 1 fully saturated rings. The number of pyridine rings is 1. The third kappa shape index (κ3) is 3.48. The number of ketones is 1. The summed E-state index contributed by atoms with van der Waals surface area (Å²) < 4.78 is 27.4. The maximum Gasteiger partial charge on any atom is 0.300 e. The van der Waals surface area contributed by atoms with Crippen molar-refractivity contribution in [3.63, 3.8) is 0 Å². The second-order valence-electron chi connectivity index (χ2n) is 7.35. The summed E-state index contributed by atoms with van der Waals surface area (Å²) in [5.41, 5.74) is 2.64. The molecular formula is C24H18F2N2O3. The molecule has 5 nitrogen and oxygen atoms in total. The van der Waals surface area contributed by atoms with E-state index in [2.05, 4.69) is 4.98 Å². The number of aryl methyl sites for hydroxylation is 2. The van der Waals surface area contributed by atoms with E-state index in [1.54, 1.807) is 30.3 Å². The topological polar surface area (TPSA) is 70.5 Å². The fourth-order valence-corrected chi connectivity index (χ4v) is 3.64. The second-order valence-corrected chi connectivity index (χ2v) is 7.35. The number of carbonyl (C=O) groups is 2. The van der Waals surface area contributed by atoms with Gasteiger partial charge in [-0.25, -0.2) is 8.78 Å². The highest BCUT2D eigenvalue weighted by Crippen LogP contribution is 2.42. The average molecular weight is 420 g/mol. The van der Waals surface area contributed by atoms with E-state index in [1.165, 1.54) is 18.5 Å². The molecule has 1 aliphatic heterocycles. The SMILES string of the molecule is Cc1ccc(/C(O)=C2\C(=O)C(=O)N(c3ccc(F)c(F)c3)C2c2ccncc2)cc1C. The van der Waals surface area contributed by atoms with Gasteiger partial charge in [0.2, 0.25) is 0 Å². The molecule has 1 unspecified atom stereocenters. The average Bonchev–Trinajstić information content (AvgIpc) is 3.03. The zero-order chi connectivity index (χ0) is 22.3. The highest BCUT2D eigenvalue weighted by Gasteiger charge is 2.47. The fourth-order valence-electron chi connectivity index (χ4n) is 3.64. The van der Waals surface area contributed by atoms with E-state index in [0.717, 1.165) is 28.2 Å². The Labute approximate surface area is 177 Å². The van der Waals surface area contributed by atoms with Gasteiger partial charge >= 0.3 is 0 Å². The normalized spacial score (nSPS) is 17.9. The molecule has 2 heterocycles. The van der Waals surface area contributed by atoms with Crippen molar-refractivity contribution < 1.29 is 23.5 Å². The van der Waals surface area contributed by atoms with Crippen molar-refractivity contribution in [3.05, 3.63) is 100 Å². The number of amides is 1. The Morgan fingerprint density at radius 2 is 1.65 bits per heavy atom. The van der Waals surface area contributed by atoms with Gasteiger partial charge in [-0.15, -0.1) is 0 Å². The Kier molecular flexibility index (Phi) is 5.10. The molecule has 1 saturated heterocycles. The molecule has 156 valence electrons. The fraction of sp³-hybridized carbons (Fsp3) is 0.125. The number of nitrogens with zero attached hydrogens (tertiary/aromatic N) is 2. The van der Waals surface area contributed by atoms with Crippen LogP contribution in [0.3, 0.4) is 0 Å². The first kappa shape index (κ1) is 20.4. The van der Waals surface area contributed by atoms with E-state index in [0.29, 0.717) is 11.1 Å². The van der Waals surface area contributed by atoms with Crippen molar-refractivity contribution in [2.75, 3.05) is 4.90 Å². The maximum atomic E-state index is 13.9. The van der Waals surface area contributed by atoms with Crippen LogP contribution >= 0.6 is 0 Å². The van der Waals surface area contributed by atoms with Crippen LogP contribution in [0.15, 0.2) is 66.5 Å². The van der Waals surface area contributed by atoms with Crippen molar-refractivity contribution in [2.45, 2.75) is 19.9 Å². The summed E-state index contributed by atoms with van der Waals surface area (Å²) in [6.07, 6.45) is 2.97. The summed E-state index contributed by atoms with van der Waals surface area (Å²) in [7, 11) is 0. The molecule has 1 aromatic heterocycles. The Balaban J connectivity index is 1.95. The number of carbonyl (C=O) groups excluding carboxylic acids is 2. The molecule has 1 atom stereocenters. The lowest BCUT2D eigenvalue weighted by molar-refractivity contribution is -0.132. The Hall–Kier alpha value is -3.87. The molecule has 0 bridgehead atoms. The summed E-state index contributed by atoms with van der Waals surface area (Å²) in [4.78, 5) is 31.0. The number of aliphatic hydroxyl groups excluding tert-OH is 1. The zero-order valence-corrected chi connectivity index (χ0v) is 16.8. The minimum atomic E-state index is -1.15. The number of anilines is 1. The van der Waals surface area contributed by atoms with Crippen LogP contribution in [-0.2, 0) is 9.59 Å². The Morgan fingerprint density at radius 1 is 0.935 bits per heavy atom. The number of rotatable bonds is 3. The van der Waals surface area contributed by atoms with Gasteiger partial charge in [-0.1, -0.05) is 12.1 Å². The van der Waals surface area contributed by atoms with Gasteiger partial charge in [0.25, 0.3) is 11.7 Å². The third-order valence-electron chi connectivity index (χ3n) is 5.43. The predicted molar refractivity (Wildman–Crippen MR) is 111 cm³/mol. The first-order chi connectivity index (χ1) is 14.8. The van der Waals surface area contributed by atoms with Crippen LogP contribution in [0, 0.1) is 25.5 Å². The number of Topliss-reactive ketones (excluding diaryl/α,β-unsaturated/α-hetero) is 1. The van der Waals surface area contributed by atoms with Crippen LogP contribution in [0.1, 0.15) is 28.3 Å². The molecule has 2 aromatic carbocycles. The summed E-state index contributed by atoms with van der Waals surface area (Å²) in [5.74, 6) is -4.42. The summed E-state index contributed by atoms with van der Waals surface area (Å²) in [5, 5.41) is 11.0. The van der Waals surface area contributed by atoms with Gasteiger partial charge in [-0.05, 0) is 60.9 Å². The molecule has 0 aliphatic carbocycles. The van der Waals surface area contributed by atoms with Crippen LogP contribution in [-0.4, -0.2) is 21.8 Å². The van der Waals surface area contributed by atoms with Gasteiger partial charge in [0.1, 0.15) is 5.76 Å². The predicted octanol–water partition coefficient (Wildman–Crippen LogP) is 4.60. The van der Waals surface area contributed by atoms with Crippen LogP contribution < -0.4 is 4.90 Å². The van der Waals surface area contributed by atoms with Gasteiger partial charge < -0.3 is 5.11 Å². The first-order valence-corrected chi connectivity index (χ1v) is 9.53. The number of hydrogen-bond acceptors (Lipinski definition) is 4. The highest BCUT2D eigenvalue weighted by atomic mass is 19.2. The number of hydrogen-bond donors (Lipinski definition) is 1. The molecule has 1 aliphatic rings. The van der Waals surface area contributed by atoms with Crippen LogP contribution in [0.4, 0.5) is 14.5 Å². The maximum absolute atomic E-state index is 13.9. The molecular weight excluding hydrogens is 402 g/mol. The number of halogens is 2. The summed E-state index contributed by atoms with van der Waals surface area (Å²) >= 11 is 0. The van der Waals surface area contributed by atoms with Crippen molar-refractivity contribution in [3.8, 4) is 0 Å². The van der Waals surface area contributed by atoms with Gasteiger partial charge in [0, 0.05) is 29.7 Å². The van der Waals surface area contributed by atoms with Crippen molar-refractivity contribution in [2.24, 2.45) is 0 Å². The lowest BCUT2D eigenvalue weighted by atomic mass is 9.94. The first-order valence-electron chi connectivity index (χ1n) is 9.53. The van der Waals surface area contributed by atoms with Gasteiger partial charge in [0.05, 0.1) is 11.6 Å². The highest BCUT2D eigenvalue weighted by molar-refractivity contribution is 6.51. The Bertz CT molecular complexity index is 1240. The third-order valence-corrected chi connectivity index (χ3v) is 5.43. The van der Waals surface area contributed by atoms with Crippen molar-refractivity contribution in [1.29, 1.82) is 0 Å². The Morgan fingerprint density at radius 3 is 2.29 bits per heavy atom. The van der Waals surface area contributed by atoms with E-state index < -0.39 is 29.4 Å². The number of aliphatic hydroxyl groups is 1. The molecule has 1 N–H and O–H groups in total. The van der Waals surface area contributed by atoms with Crippen molar-refractivity contribution >= 4 is 23.1 Å². The molecule has 0 saturated carbocycles. The molecule has 0 spiro atoms. The van der Waals surface area contributed by atoms with E-state index in [9.17, 15) is 23.5 Å². The number of aromatic nitrogens is 1. The largest absolute Gasteiger partial charge is 0.507 e. The summed E-state index contributed by atoms with van der Waals surface area (Å²) in [6.45, 7) is 3.78. The lowest BCUT2D eigenvalue weighted by Gasteiger charge is -2.25. The van der Waals surface area contributed by atoms with E-state index in [4.69, 9.17) is 0 Å². The van der Waals surface area contributed by atoms with Gasteiger partial charge in [-0.3, -0.25) is 19.5 Å². The monoisotopic (exact) mass is 420 g/mol. The molecule has 3 aromatic rings.